The summed E-state index contributed by atoms with van der Waals surface area (Å²) in [6.45, 7) is 6.00. The van der Waals surface area contributed by atoms with Gasteiger partial charge in [0.1, 0.15) is 0 Å². The maximum atomic E-state index is 4.60. The van der Waals surface area contributed by atoms with Crippen molar-refractivity contribution < 1.29 is 0 Å². The van der Waals surface area contributed by atoms with E-state index in [1.165, 1.54) is 16.8 Å². The molecule has 1 N–H and O–H groups in total. The van der Waals surface area contributed by atoms with Crippen LogP contribution in [0.2, 0.25) is 0 Å². The van der Waals surface area contributed by atoms with Crippen LogP contribution in [0.25, 0.3) is 0 Å². The van der Waals surface area contributed by atoms with E-state index in [4.69, 9.17) is 0 Å². The summed E-state index contributed by atoms with van der Waals surface area (Å²) in [4.78, 5) is 8.70. The monoisotopic (exact) mass is 498 g/mol. The molecule has 0 amide bonds. The van der Waals surface area contributed by atoms with Gasteiger partial charge in [-0.3, -0.25) is 9.67 Å². The standard InChI is InChI=1S/C21H34N6.HI/c1-16(2)20-18(15-27(7)24-20)14-26(6)21(22-3)23-13-12-17-8-10-19(11-9-17)25(4)5;/h8-11,15-16H,12-14H2,1-7H3,(H,22,23);1H. The number of aliphatic imine (C=N–C) groups is 1. The van der Waals surface area contributed by atoms with Crippen LogP contribution in [0.5, 0.6) is 0 Å². The summed E-state index contributed by atoms with van der Waals surface area (Å²) < 4.78 is 1.89. The van der Waals surface area contributed by atoms with Crippen LogP contribution in [-0.2, 0) is 20.0 Å². The molecule has 28 heavy (non-hydrogen) atoms. The first kappa shape index (κ1) is 24.3. The fourth-order valence-corrected chi connectivity index (χ4v) is 3.16. The van der Waals surface area contributed by atoms with Crippen molar-refractivity contribution in [2.24, 2.45) is 12.0 Å². The van der Waals surface area contributed by atoms with Crippen LogP contribution in [0.15, 0.2) is 35.5 Å². The Kier molecular flexibility index (Phi) is 9.78. The summed E-state index contributed by atoms with van der Waals surface area (Å²) in [7, 11) is 9.99. The number of halogens is 1. The van der Waals surface area contributed by atoms with Crippen LogP contribution in [-0.4, -0.2) is 55.4 Å². The number of hydrogen-bond acceptors (Lipinski definition) is 3. The topological polar surface area (TPSA) is 48.7 Å². The summed E-state index contributed by atoms with van der Waals surface area (Å²) in [5.74, 6) is 1.31. The zero-order chi connectivity index (χ0) is 20.0. The van der Waals surface area contributed by atoms with E-state index >= 15 is 0 Å². The fourth-order valence-electron chi connectivity index (χ4n) is 3.16. The summed E-state index contributed by atoms with van der Waals surface area (Å²) in [6, 6.07) is 8.69. The molecule has 1 heterocycles. The normalized spacial score (nSPS) is 11.4. The molecule has 0 saturated carbocycles. The van der Waals surface area contributed by atoms with Gasteiger partial charge in [0.05, 0.1) is 5.69 Å². The van der Waals surface area contributed by atoms with E-state index in [1.807, 2.05) is 18.8 Å². The average Bonchev–Trinajstić information content (AvgIpc) is 2.99. The number of benzene rings is 1. The van der Waals surface area contributed by atoms with E-state index in [-0.39, 0.29) is 24.0 Å². The Hall–Kier alpha value is -1.77. The SMILES string of the molecule is CN=C(NCCc1ccc(N(C)C)cc1)N(C)Cc1cn(C)nc1C(C)C.I. The van der Waals surface area contributed by atoms with Crippen molar-refractivity contribution >= 4 is 35.6 Å². The molecule has 2 rings (SSSR count). The van der Waals surface area contributed by atoms with Crippen LogP contribution in [0.1, 0.15) is 36.6 Å². The molecular formula is C21H35IN6. The Morgan fingerprint density at radius 2 is 1.82 bits per heavy atom. The number of aryl methyl sites for hydroxylation is 1. The van der Waals surface area contributed by atoms with Gasteiger partial charge in [-0.05, 0) is 30.0 Å². The average molecular weight is 498 g/mol. The highest BCUT2D eigenvalue weighted by Gasteiger charge is 2.15. The third-order valence-corrected chi connectivity index (χ3v) is 4.61. The maximum absolute atomic E-state index is 4.60. The Morgan fingerprint density at radius 3 is 2.36 bits per heavy atom. The van der Waals surface area contributed by atoms with Crippen molar-refractivity contribution in [3.05, 3.63) is 47.3 Å². The summed E-state index contributed by atoms with van der Waals surface area (Å²) in [5, 5.41) is 8.06. The quantitative estimate of drug-likeness (QED) is 0.361. The van der Waals surface area contributed by atoms with Gasteiger partial charge >= 0.3 is 0 Å². The lowest BCUT2D eigenvalue weighted by molar-refractivity contribution is 0.474. The number of guanidine groups is 1. The lowest BCUT2D eigenvalue weighted by Crippen LogP contribution is -2.39. The highest BCUT2D eigenvalue weighted by atomic mass is 127. The number of rotatable bonds is 7. The van der Waals surface area contributed by atoms with Crippen LogP contribution in [0.4, 0.5) is 5.69 Å². The molecule has 6 nitrogen and oxygen atoms in total. The highest BCUT2D eigenvalue weighted by Crippen LogP contribution is 2.18. The van der Waals surface area contributed by atoms with Crippen molar-refractivity contribution in [3.8, 4) is 0 Å². The van der Waals surface area contributed by atoms with Crippen molar-refractivity contribution in [1.29, 1.82) is 0 Å². The van der Waals surface area contributed by atoms with Crippen LogP contribution < -0.4 is 10.2 Å². The molecule has 0 aliphatic heterocycles. The molecule has 2 aromatic rings. The fraction of sp³-hybridized carbons (Fsp3) is 0.524. The first-order valence-electron chi connectivity index (χ1n) is 9.52. The Bertz CT molecular complexity index is 749. The summed E-state index contributed by atoms with van der Waals surface area (Å²) in [6.07, 6.45) is 3.07. The van der Waals surface area contributed by atoms with E-state index in [2.05, 4.69) is 90.7 Å². The molecule has 0 radical (unpaired) electrons. The largest absolute Gasteiger partial charge is 0.378 e. The zero-order valence-electron chi connectivity index (χ0n) is 18.2. The van der Waals surface area contributed by atoms with Gasteiger partial charge in [0.2, 0.25) is 0 Å². The number of aromatic nitrogens is 2. The number of hydrogen-bond donors (Lipinski definition) is 1. The molecule has 0 bridgehead atoms. The molecule has 0 fully saturated rings. The van der Waals surface area contributed by atoms with E-state index in [0.717, 1.165) is 31.2 Å². The smallest absolute Gasteiger partial charge is 0.193 e. The molecule has 0 aliphatic rings. The van der Waals surface area contributed by atoms with Crippen LogP contribution in [0, 0.1) is 0 Å². The maximum Gasteiger partial charge on any atom is 0.193 e. The summed E-state index contributed by atoms with van der Waals surface area (Å²) in [5.41, 5.74) is 4.94. The molecule has 0 unspecified atom stereocenters. The first-order valence-corrected chi connectivity index (χ1v) is 9.52. The second-order valence-electron chi connectivity index (χ2n) is 7.51. The number of nitrogens with one attached hydrogen (secondary N) is 1. The molecule has 156 valence electrons. The summed E-state index contributed by atoms with van der Waals surface area (Å²) >= 11 is 0. The lowest BCUT2D eigenvalue weighted by atomic mass is 10.1. The van der Waals surface area contributed by atoms with Crippen molar-refractivity contribution in [2.75, 3.05) is 39.6 Å². The highest BCUT2D eigenvalue weighted by molar-refractivity contribution is 14.0. The van der Waals surface area contributed by atoms with Crippen molar-refractivity contribution in [3.63, 3.8) is 0 Å². The van der Waals surface area contributed by atoms with Gasteiger partial charge in [0, 0.05) is 65.8 Å². The van der Waals surface area contributed by atoms with Gasteiger partial charge < -0.3 is 15.1 Å². The predicted molar refractivity (Wildman–Crippen MR) is 130 cm³/mol. The Morgan fingerprint density at radius 1 is 1.18 bits per heavy atom. The van der Waals surface area contributed by atoms with E-state index < -0.39 is 0 Å². The van der Waals surface area contributed by atoms with Crippen molar-refractivity contribution in [1.82, 2.24) is 20.0 Å². The minimum absolute atomic E-state index is 0. The number of anilines is 1. The Labute approximate surface area is 187 Å². The zero-order valence-corrected chi connectivity index (χ0v) is 20.6. The third kappa shape index (κ3) is 6.68. The minimum atomic E-state index is 0. The predicted octanol–water partition coefficient (Wildman–Crippen LogP) is 3.48. The van der Waals surface area contributed by atoms with Crippen LogP contribution in [0.3, 0.4) is 0 Å². The van der Waals surface area contributed by atoms with Gasteiger partial charge in [0.15, 0.2) is 5.96 Å². The van der Waals surface area contributed by atoms with Gasteiger partial charge in [-0.1, -0.05) is 26.0 Å². The third-order valence-electron chi connectivity index (χ3n) is 4.61. The van der Waals surface area contributed by atoms with Gasteiger partial charge in [-0.25, -0.2) is 0 Å². The van der Waals surface area contributed by atoms with Crippen LogP contribution >= 0.6 is 24.0 Å². The molecule has 7 heteroatoms. The van der Waals surface area contributed by atoms with E-state index in [1.54, 1.807) is 0 Å². The molecule has 1 aromatic carbocycles. The second kappa shape index (κ2) is 11.3. The van der Waals surface area contributed by atoms with E-state index in [0.29, 0.717) is 5.92 Å². The first-order chi connectivity index (χ1) is 12.8. The van der Waals surface area contributed by atoms with Gasteiger partial charge in [-0.15, -0.1) is 24.0 Å². The molecular weight excluding hydrogens is 463 g/mol. The molecule has 0 saturated heterocycles. The lowest BCUT2D eigenvalue weighted by Gasteiger charge is -2.22. The molecule has 0 aliphatic carbocycles. The van der Waals surface area contributed by atoms with Gasteiger partial charge in [-0.2, -0.15) is 5.10 Å². The second-order valence-corrected chi connectivity index (χ2v) is 7.51. The minimum Gasteiger partial charge on any atom is -0.378 e. The Balaban J connectivity index is 0.00000392. The van der Waals surface area contributed by atoms with Gasteiger partial charge in [0.25, 0.3) is 0 Å². The molecule has 0 spiro atoms. The van der Waals surface area contributed by atoms with E-state index in [9.17, 15) is 0 Å². The van der Waals surface area contributed by atoms with Crippen molar-refractivity contribution in [2.45, 2.75) is 32.7 Å². The molecule has 0 atom stereocenters. The number of nitrogens with zero attached hydrogens (tertiary/aromatic N) is 5. The molecule has 1 aromatic heterocycles.